The monoisotopic (exact) mass is 283 g/mol. The van der Waals surface area contributed by atoms with Gasteiger partial charge in [0, 0.05) is 4.47 Å². The molecule has 0 radical (unpaired) electrons. The highest BCUT2D eigenvalue weighted by Crippen LogP contribution is 2.20. The Bertz CT molecular complexity index is 321. The zero-order valence-corrected chi connectivity index (χ0v) is 11.0. The number of rotatable bonds is 3. The lowest BCUT2D eigenvalue weighted by Gasteiger charge is -2.14. The van der Waals surface area contributed by atoms with E-state index >= 15 is 0 Å². The van der Waals surface area contributed by atoms with Gasteiger partial charge in [-0.05, 0) is 56.5 Å². The Balaban J connectivity index is 1.81. The van der Waals surface area contributed by atoms with Gasteiger partial charge in [0.15, 0.2) is 0 Å². The van der Waals surface area contributed by atoms with Gasteiger partial charge in [0.1, 0.15) is 5.75 Å². The molecule has 0 spiro atoms. The highest BCUT2D eigenvalue weighted by atomic mass is 79.9. The molecule has 1 atom stereocenters. The molecular formula is C13H18BrNO. The third kappa shape index (κ3) is 3.80. The lowest BCUT2D eigenvalue weighted by Crippen LogP contribution is -2.16. The Labute approximate surface area is 106 Å². The predicted octanol–water partition coefficient (Wildman–Crippen LogP) is 3.22. The van der Waals surface area contributed by atoms with E-state index in [1.54, 1.807) is 0 Å². The number of benzene rings is 1. The maximum absolute atomic E-state index is 5.82. The van der Waals surface area contributed by atoms with E-state index in [0.717, 1.165) is 29.9 Å². The molecule has 1 aromatic carbocycles. The number of ether oxygens (including phenoxy) is 1. The van der Waals surface area contributed by atoms with Crippen LogP contribution in [0.3, 0.4) is 0 Å². The van der Waals surface area contributed by atoms with Crippen molar-refractivity contribution in [3.8, 4) is 5.75 Å². The number of halogens is 1. The molecule has 1 aliphatic rings. The molecule has 0 bridgehead atoms. The average Bonchev–Trinajstić information content (AvgIpc) is 2.55. The van der Waals surface area contributed by atoms with Gasteiger partial charge >= 0.3 is 0 Å². The third-order valence-electron chi connectivity index (χ3n) is 2.98. The molecule has 16 heavy (non-hydrogen) atoms. The van der Waals surface area contributed by atoms with Gasteiger partial charge < -0.3 is 10.1 Å². The van der Waals surface area contributed by atoms with Crippen LogP contribution in [-0.2, 0) is 0 Å². The Kier molecular flexibility index (Phi) is 4.67. The molecular weight excluding hydrogens is 266 g/mol. The summed E-state index contributed by atoms with van der Waals surface area (Å²) in [7, 11) is 0. The minimum Gasteiger partial charge on any atom is -0.493 e. The van der Waals surface area contributed by atoms with Crippen molar-refractivity contribution in [3.05, 3.63) is 28.7 Å². The lowest BCUT2D eigenvalue weighted by atomic mass is 10.0. The molecule has 1 N–H and O–H groups in total. The molecule has 88 valence electrons. The van der Waals surface area contributed by atoms with Crippen molar-refractivity contribution in [2.45, 2.75) is 19.3 Å². The summed E-state index contributed by atoms with van der Waals surface area (Å²) in [6, 6.07) is 8.06. The molecule has 0 amide bonds. The van der Waals surface area contributed by atoms with Crippen LogP contribution in [-0.4, -0.2) is 19.7 Å². The summed E-state index contributed by atoms with van der Waals surface area (Å²) < 4.78 is 6.90. The molecule has 1 saturated heterocycles. The first-order chi connectivity index (χ1) is 7.84. The molecule has 0 saturated carbocycles. The van der Waals surface area contributed by atoms with Crippen LogP contribution in [0.4, 0.5) is 0 Å². The first kappa shape index (κ1) is 11.9. The Morgan fingerprint density at radius 2 is 2.25 bits per heavy atom. The third-order valence-corrected chi connectivity index (χ3v) is 3.47. The fourth-order valence-electron chi connectivity index (χ4n) is 2.03. The zero-order valence-electron chi connectivity index (χ0n) is 9.42. The molecule has 1 unspecified atom stereocenters. The summed E-state index contributed by atoms with van der Waals surface area (Å²) >= 11 is 3.45. The Morgan fingerprint density at radius 3 is 3.12 bits per heavy atom. The highest BCUT2D eigenvalue weighted by molar-refractivity contribution is 9.10. The van der Waals surface area contributed by atoms with Crippen LogP contribution in [0.5, 0.6) is 5.75 Å². The van der Waals surface area contributed by atoms with Gasteiger partial charge in [0.25, 0.3) is 0 Å². The van der Waals surface area contributed by atoms with Gasteiger partial charge in [-0.3, -0.25) is 0 Å². The van der Waals surface area contributed by atoms with Crippen LogP contribution in [0.15, 0.2) is 28.7 Å². The molecule has 2 rings (SSSR count). The number of nitrogens with one attached hydrogen (secondary N) is 1. The zero-order chi connectivity index (χ0) is 11.2. The summed E-state index contributed by atoms with van der Waals surface area (Å²) in [5.74, 6) is 1.67. The molecule has 1 heterocycles. The SMILES string of the molecule is Brc1cccc(OCC2CCCNCC2)c1. The van der Waals surface area contributed by atoms with Crippen LogP contribution < -0.4 is 10.1 Å². The molecule has 0 aromatic heterocycles. The van der Waals surface area contributed by atoms with E-state index in [1.165, 1.54) is 19.3 Å². The van der Waals surface area contributed by atoms with E-state index in [9.17, 15) is 0 Å². The first-order valence-electron chi connectivity index (χ1n) is 5.94. The summed E-state index contributed by atoms with van der Waals surface area (Å²) in [4.78, 5) is 0. The molecule has 1 aromatic rings. The highest BCUT2D eigenvalue weighted by Gasteiger charge is 2.12. The maximum Gasteiger partial charge on any atom is 0.120 e. The van der Waals surface area contributed by atoms with Crippen LogP contribution in [0.25, 0.3) is 0 Å². The fraction of sp³-hybridized carbons (Fsp3) is 0.538. The Morgan fingerprint density at radius 1 is 1.31 bits per heavy atom. The summed E-state index contributed by atoms with van der Waals surface area (Å²) in [5.41, 5.74) is 0. The minimum absolute atomic E-state index is 0.703. The smallest absolute Gasteiger partial charge is 0.120 e. The minimum atomic E-state index is 0.703. The number of hydrogen-bond donors (Lipinski definition) is 1. The van der Waals surface area contributed by atoms with Crippen molar-refractivity contribution in [3.63, 3.8) is 0 Å². The summed E-state index contributed by atoms with van der Waals surface area (Å²) in [6.45, 7) is 3.14. The van der Waals surface area contributed by atoms with Crippen molar-refractivity contribution in [1.82, 2.24) is 5.32 Å². The Hall–Kier alpha value is -0.540. The quantitative estimate of drug-likeness (QED) is 0.920. The largest absolute Gasteiger partial charge is 0.493 e. The first-order valence-corrected chi connectivity index (χ1v) is 6.73. The van der Waals surface area contributed by atoms with Crippen molar-refractivity contribution in [2.75, 3.05) is 19.7 Å². The van der Waals surface area contributed by atoms with Crippen molar-refractivity contribution < 1.29 is 4.74 Å². The van der Waals surface area contributed by atoms with Gasteiger partial charge in [-0.15, -0.1) is 0 Å². The summed E-state index contributed by atoms with van der Waals surface area (Å²) in [5, 5.41) is 3.42. The van der Waals surface area contributed by atoms with E-state index in [-0.39, 0.29) is 0 Å². The predicted molar refractivity (Wildman–Crippen MR) is 69.8 cm³/mol. The number of hydrogen-bond acceptors (Lipinski definition) is 2. The van der Waals surface area contributed by atoms with Crippen LogP contribution in [0.2, 0.25) is 0 Å². The van der Waals surface area contributed by atoms with E-state index < -0.39 is 0 Å². The van der Waals surface area contributed by atoms with Gasteiger partial charge in [-0.2, -0.15) is 0 Å². The second-order valence-corrected chi connectivity index (χ2v) is 5.23. The topological polar surface area (TPSA) is 21.3 Å². The molecule has 2 nitrogen and oxygen atoms in total. The second-order valence-electron chi connectivity index (χ2n) is 4.32. The van der Waals surface area contributed by atoms with Crippen molar-refractivity contribution >= 4 is 15.9 Å². The van der Waals surface area contributed by atoms with E-state index in [2.05, 4.69) is 21.2 Å². The molecule has 1 fully saturated rings. The van der Waals surface area contributed by atoms with Gasteiger partial charge in [0.2, 0.25) is 0 Å². The van der Waals surface area contributed by atoms with E-state index in [4.69, 9.17) is 4.74 Å². The van der Waals surface area contributed by atoms with Gasteiger partial charge in [-0.25, -0.2) is 0 Å². The lowest BCUT2D eigenvalue weighted by molar-refractivity contribution is 0.236. The standard InChI is InChI=1S/C13H18BrNO/c14-12-4-1-5-13(9-12)16-10-11-3-2-7-15-8-6-11/h1,4-5,9,11,15H,2-3,6-8,10H2. The second kappa shape index (κ2) is 6.26. The molecule has 3 heteroatoms. The van der Waals surface area contributed by atoms with Gasteiger partial charge in [0.05, 0.1) is 6.61 Å². The molecule has 1 aliphatic heterocycles. The van der Waals surface area contributed by atoms with Crippen molar-refractivity contribution in [1.29, 1.82) is 0 Å². The van der Waals surface area contributed by atoms with Crippen LogP contribution >= 0.6 is 15.9 Å². The average molecular weight is 284 g/mol. The van der Waals surface area contributed by atoms with E-state index in [1.807, 2.05) is 24.3 Å². The molecule has 0 aliphatic carbocycles. The van der Waals surface area contributed by atoms with Crippen molar-refractivity contribution in [2.24, 2.45) is 5.92 Å². The fourth-order valence-corrected chi connectivity index (χ4v) is 2.41. The van der Waals surface area contributed by atoms with Gasteiger partial charge in [-0.1, -0.05) is 22.0 Å². The summed E-state index contributed by atoms with van der Waals surface area (Å²) in [6.07, 6.45) is 3.78. The maximum atomic E-state index is 5.82. The van der Waals surface area contributed by atoms with Crippen LogP contribution in [0.1, 0.15) is 19.3 Å². The van der Waals surface area contributed by atoms with Crippen LogP contribution in [0, 0.1) is 5.92 Å². The normalized spacial score (nSPS) is 21.4. The van der Waals surface area contributed by atoms with E-state index in [0.29, 0.717) is 5.92 Å².